The highest BCUT2D eigenvalue weighted by Crippen LogP contribution is 2.18. The van der Waals surface area contributed by atoms with E-state index < -0.39 is 5.97 Å². The molecule has 0 radical (unpaired) electrons. The molecule has 0 amide bonds. The van der Waals surface area contributed by atoms with Gasteiger partial charge in [0.05, 0.1) is 0 Å². The Hall–Kier alpha value is -0.510. The minimum absolute atomic E-state index is 0.000579. The smallest absolute Gasteiger partial charge is 0.349 e. The minimum Gasteiger partial charge on any atom is -0.507 e. The fraction of sp³-hybridized carbons (Fsp3) is 0.250. The van der Waals surface area contributed by atoms with Gasteiger partial charge < -0.3 is 9.84 Å². The van der Waals surface area contributed by atoms with E-state index in [0.717, 1.165) is 0 Å². The number of hydrogen-bond donors (Lipinski definition) is 1. The molecule has 1 rings (SSSR count). The molecule has 0 aliphatic carbocycles. The van der Waals surface area contributed by atoms with Gasteiger partial charge in [0.25, 0.3) is 0 Å². The first-order valence-corrected chi connectivity index (χ1v) is 2.76. The third-order valence-electron chi connectivity index (χ3n) is 0.773. The van der Waals surface area contributed by atoms with Crippen molar-refractivity contribution in [1.29, 1.82) is 0 Å². The molecule has 0 bridgehead atoms. The summed E-state index contributed by atoms with van der Waals surface area (Å²) in [6, 6.07) is 0. The molecular formula is C4H3BrO3. The third kappa shape index (κ3) is 0.709. The van der Waals surface area contributed by atoms with Crippen LogP contribution in [-0.4, -0.2) is 17.7 Å². The second kappa shape index (κ2) is 1.78. The maximum absolute atomic E-state index is 10.3. The summed E-state index contributed by atoms with van der Waals surface area (Å²) >= 11 is 2.82. The van der Waals surface area contributed by atoms with Crippen LogP contribution < -0.4 is 0 Å². The molecule has 1 heterocycles. The molecule has 0 saturated carbocycles. The van der Waals surface area contributed by atoms with Crippen molar-refractivity contribution >= 4 is 21.9 Å². The number of esters is 1. The Labute approximate surface area is 54.1 Å². The summed E-state index contributed by atoms with van der Waals surface area (Å²) in [6.45, 7) is -0.000579. The zero-order chi connectivity index (χ0) is 6.15. The highest BCUT2D eigenvalue weighted by molar-refractivity contribution is 9.12. The van der Waals surface area contributed by atoms with E-state index in [1.807, 2.05) is 0 Å². The highest BCUT2D eigenvalue weighted by Gasteiger charge is 2.21. The van der Waals surface area contributed by atoms with Crippen LogP contribution in [0.1, 0.15) is 0 Å². The molecule has 0 saturated heterocycles. The number of aliphatic hydroxyl groups is 1. The van der Waals surface area contributed by atoms with Crippen LogP contribution in [-0.2, 0) is 9.53 Å². The number of halogens is 1. The summed E-state index contributed by atoms with van der Waals surface area (Å²) in [7, 11) is 0. The van der Waals surface area contributed by atoms with Gasteiger partial charge in [0, 0.05) is 0 Å². The standard InChI is InChI=1S/C4H3BrO3/c5-3-2(6)1-8-4(3)7/h6H,1H2. The van der Waals surface area contributed by atoms with Gasteiger partial charge in [0.1, 0.15) is 11.1 Å². The zero-order valence-corrected chi connectivity index (χ0v) is 5.43. The molecule has 0 unspecified atom stereocenters. The lowest BCUT2D eigenvalue weighted by molar-refractivity contribution is -0.135. The van der Waals surface area contributed by atoms with E-state index in [4.69, 9.17) is 5.11 Å². The van der Waals surface area contributed by atoms with Gasteiger partial charge >= 0.3 is 5.97 Å². The van der Waals surface area contributed by atoms with E-state index >= 15 is 0 Å². The number of aliphatic hydroxyl groups excluding tert-OH is 1. The van der Waals surface area contributed by atoms with Crippen LogP contribution in [0.25, 0.3) is 0 Å². The molecule has 0 aromatic heterocycles. The number of hydrogen-bond acceptors (Lipinski definition) is 3. The SMILES string of the molecule is O=C1OCC(O)=C1Br. The summed E-state index contributed by atoms with van der Waals surface area (Å²) in [5.41, 5.74) is 0. The van der Waals surface area contributed by atoms with E-state index in [1.54, 1.807) is 0 Å². The Morgan fingerprint density at radius 1 is 1.75 bits per heavy atom. The van der Waals surface area contributed by atoms with E-state index in [2.05, 4.69) is 20.7 Å². The molecule has 44 valence electrons. The fourth-order valence-electron chi connectivity index (χ4n) is 0.378. The van der Waals surface area contributed by atoms with Crippen LogP contribution in [0, 0.1) is 0 Å². The number of carbonyl (C=O) groups excluding carboxylic acids is 1. The van der Waals surface area contributed by atoms with Crippen LogP contribution in [0.5, 0.6) is 0 Å². The van der Waals surface area contributed by atoms with Gasteiger partial charge in [-0.1, -0.05) is 0 Å². The lowest BCUT2D eigenvalue weighted by Gasteiger charge is -1.84. The Kier molecular flexibility index (Phi) is 1.25. The second-order valence-corrected chi connectivity index (χ2v) is 2.13. The Balaban J connectivity index is 2.86. The van der Waals surface area contributed by atoms with E-state index in [9.17, 15) is 4.79 Å². The topological polar surface area (TPSA) is 46.5 Å². The molecule has 8 heavy (non-hydrogen) atoms. The maximum Gasteiger partial charge on any atom is 0.349 e. The van der Waals surface area contributed by atoms with Gasteiger partial charge in [-0.3, -0.25) is 0 Å². The molecule has 1 aliphatic rings. The number of rotatable bonds is 0. The normalized spacial score (nSPS) is 19.4. The quantitative estimate of drug-likeness (QED) is 0.557. The van der Waals surface area contributed by atoms with Gasteiger partial charge in [0.2, 0.25) is 0 Å². The molecule has 0 aromatic rings. The van der Waals surface area contributed by atoms with Gasteiger partial charge in [-0.05, 0) is 15.9 Å². The molecular weight excluding hydrogens is 176 g/mol. The van der Waals surface area contributed by atoms with Crippen molar-refractivity contribution in [2.45, 2.75) is 0 Å². The van der Waals surface area contributed by atoms with Crippen molar-refractivity contribution in [2.75, 3.05) is 6.61 Å². The lowest BCUT2D eigenvalue weighted by atomic mass is 10.5. The lowest BCUT2D eigenvalue weighted by Crippen LogP contribution is -1.93. The van der Waals surface area contributed by atoms with Crippen LogP contribution in [0.15, 0.2) is 10.2 Å². The van der Waals surface area contributed by atoms with Crippen molar-refractivity contribution in [3.05, 3.63) is 10.2 Å². The second-order valence-electron chi connectivity index (χ2n) is 1.34. The Morgan fingerprint density at radius 3 is 2.50 bits per heavy atom. The van der Waals surface area contributed by atoms with Crippen LogP contribution in [0.4, 0.5) is 0 Å². The summed E-state index contributed by atoms with van der Waals surface area (Å²) in [5.74, 6) is -0.530. The first-order chi connectivity index (χ1) is 3.72. The fourth-order valence-corrected chi connectivity index (χ4v) is 0.607. The molecule has 0 aromatic carbocycles. The average Bonchev–Trinajstić information content (AvgIpc) is 1.98. The van der Waals surface area contributed by atoms with Crippen molar-refractivity contribution in [2.24, 2.45) is 0 Å². The molecule has 1 aliphatic heterocycles. The van der Waals surface area contributed by atoms with Crippen molar-refractivity contribution in [3.63, 3.8) is 0 Å². The van der Waals surface area contributed by atoms with Crippen LogP contribution >= 0.6 is 15.9 Å². The summed E-state index contributed by atoms with van der Waals surface area (Å²) < 4.78 is 4.50. The summed E-state index contributed by atoms with van der Waals surface area (Å²) in [5, 5.41) is 8.66. The number of carbonyl (C=O) groups is 1. The monoisotopic (exact) mass is 178 g/mol. The van der Waals surface area contributed by atoms with Gasteiger partial charge in [0.15, 0.2) is 5.76 Å². The highest BCUT2D eigenvalue weighted by atomic mass is 79.9. The number of ether oxygens (including phenoxy) is 1. The van der Waals surface area contributed by atoms with Gasteiger partial charge in [-0.25, -0.2) is 4.79 Å². The summed E-state index contributed by atoms with van der Waals surface area (Å²) in [6.07, 6.45) is 0. The van der Waals surface area contributed by atoms with Crippen LogP contribution in [0.2, 0.25) is 0 Å². The first kappa shape index (κ1) is 5.62. The predicted octanol–water partition coefficient (Wildman–Crippen LogP) is 0.708. The maximum atomic E-state index is 10.3. The number of cyclic esters (lactones) is 1. The van der Waals surface area contributed by atoms with Gasteiger partial charge in [-0.2, -0.15) is 0 Å². The third-order valence-corrected chi connectivity index (χ3v) is 1.55. The van der Waals surface area contributed by atoms with Crippen molar-refractivity contribution in [3.8, 4) is 0 Å². The van der Waals surface area contributed by atoms with E-state index in [1.165, 1.54) is 0 Å². The van der Waals surface area contributed by atoms with Crippen molar-refractivity contribution in [1.82, 2.24) is 0 Å². The van der Waals surface area contributed by atoms with E-state index in [0.29, 0.717) is 0 Å². The average molecular weight is 179 g/mol. The first-order valence-electron chi connectivity index (χ1n) is 1.96. The molecule has 0 spiro atoms. The largest absolute Gasteiger partial charge is 0.507 e. The van der Waals surface area contributed by atoms with Gasteiger partial charge in [-0.15, -0.1) is 0 Å². The molecule has 0 fully saturated rings. The van der Waals surface area contributed by atoms with Crippen molar-refractivity contribution < 1.29 is 14.6 Å². The van der Waals surface area contributed by atoms with E-state index in [-0.39, 0.29) is 16.8 Å². The zero-order valence-electron chi connectivity index (χ0n) is 3.85. The molecule has 1 N–H and O–H groups in total. The Morgan fingerprint density at radius 2 is 2.38 bits per heavy atom. The molecule has 3 nitrogen and oxygen atoms in total. The molecule has 0 atom stereocenters. The minimum atomic E-state index is -0.498. The summed E-state index contributed by atoms with van der Waals surface area (Å²) in [4.78, 5) is 10.3. The Bertz CT molecular complexity index is 161. The van der Waals surface area contributed by atoms with Crippen LogP contribution in [0.3, 0.4) is 0 Å². The predicted molar refractivity (Wildman–Crippen MR) is 29.5 cm³/mol. The molecule has 4 heteroatoms.